The quantitative estimate of drug-likeness (QED) is 0.559. The van der Waals surface area contributed by atoms with Gasteiger partial charge in [0.15, 0.2) is 0 Å². The third-order valence-electron chi connectivity index (χ3n) is 7.52. The number of aliphatic hydroxyl groups excluding tert-OH is 1. The van der Waals surface area contributed by atoms with Crippen molar-refractivity contribution in [2.75, 3.05) is 50.9 Å². The predicted molar refractivity (Wildman–Crippen MR) is 133 cm³/mol. The van der Waals surface area contributed by atoms with Crippen LogP contribution >= 0.6 is 0 Å². The molecule has 3 saturated heterocycles. The van der Waals surface area contributed by atoms with Gasteiger partial charge in [-0.2, -0.15) is 0 Å². The van der Waals surface area contributed by atoms with Gasteiger partial charge < -0.3 is 29.7 Å². The molecular formula is C26H37N3O6. The Balaban J connectivity index is 0.000000917. The standard InChI is InChI=1S/C25H35N3O4.CH2O2/c1-18-3-4-19-16-20(22(26-21(19)15-18)28-10-13-31-14-11-28)17-27-8-5-25(6-9-27)23(29)24(2,30)7-12-32-25;2-1-3/h3-4,15-16,23,29-30H,5-14,17H2,1-2H3;1H,(H,2,3)/t23-,24+;/m0./s1. The molecule has 3 N–H and O–H groups in total. The molecule has 192 valence electrons. The van der Waals surface area contributed by atoms with Crippen molar-refractivity contribution in [3.8, 4) is 0 Å². The van der Waals surface area contributed by atoms with E-state index in [2.05, 4.69) is 41.0 Å². The molecule has 4 heterocycles. The molecule has 2 atom stereocenters. The molecule has 3 aliphatic heterocycles. The van der Waals surface area contributed by atoms with E-state index in [1.165, 1.54) is 11.1 Å². The normalized spacial score (nSPS) is 26.9. The molecule has 0 unspecified atom stereocenters. The summed E-state index contributed by atoms with van der Waals surface area (Å²) in [5, 5.41) is 29.5. The van der Waals surface area contributed by atoms with Crippen LogP contribution in [0.2, 0.25) is 0 Å². The van der Waals surface area contributed by atoms with E-state index in [0.29, 0.717) is 13.0 Å². The van der Waals surface area contributed by atoms with E-state index in [-0.39, 0.29) is 6.47 Å². The van der Waals surface area contributed by atoms with E-state index < -0.39 is 17.3 Å². The van der Waals surface area contributed by atoms with Crippen LogP contribution in [0.3, 0.4) is 0 Å². The summed E-state index contributed by atoms with van der Waals surface area (Å²) in [6.45, 7) is 9.71. The number of aryl methyl sites for hydroxylation is 1. The number of piperidine rings is 1. The van der Waals surface area contributed by atoms with Gasteiger partial charge in [-0.1, -0.05) is 12.1 Å². The van der Waals surface area contributed by atoms with Crippen LogP contribution in [-0.4, -0.2) is 95.0 Å². The third-order valence-corrected chi connectivity index (χ3v) is 7.52. The number of hydrogen-bond acceptors (Lipinski definition) is 8. The molecule has 9 nitrogen and oxygen atoms in total. The van der Waals surface area contributed by atoms with Crippen LogP contribution < -0.4 is 4.90 Å². The first-order chi connectivity index (χ1) is 16.8. The zero-order valence-corrected chi connectivity index (χ0v) is 20.7. The Bertz CT molecular complexity index is 1020. The van der Waals surface area contributed by atoms with E-state index in [9.17, 15) is 10.2 Å². The second kappa shape index (κ2) is 10.8. The second-order valence-corrected chi connectivity index (χ2v) is 10.1. The highest BCUT2D eigenvalue weighted by molar-refractivity contribution is 5.82. The van der Waals surface area contributed by atoms with Gasteiger partial charge >= 0.3 is 0 Å². The second-order valence-electron chi connectivity index (χ2n) is 10.1. The fraction of sp³-hybridized carbons (Fsp3) is 0.615. The van der Waals surface area contributed by atoms with Gasteiger partial charge in [0, 0.05) is 50.1 Å². The number of fused-ring (bicyclic) bond motifs is 1. The molecule has 0 aliphatic carbocycles. The molecule has 0 amide bonds. The summed E-state index contributed by atoms with van der Waals surface area (Å²) in [4.78, 5) is 18.2. The van der Waals surface area contributed by atoms with E-state index in [1.54, 1.807) is 6.92 Å². The smallest absolute Gasteiger partial charge is 0.290 e. The molecule has 1 spiro atoms. The molecule has 2 aromatic rings. The number of anilines is 1. The molecule has 0 radical (unpaired) electrons. The van der Waals surface area contributed by atoms with Crippen molar-refractivity contribution in [2.24, 2.45) is 0 Å². The zero-order chi connectivity index (χ0) is 25.1. The summed E-state index contributed by atoms with van der Waals surface area (Å²) in [7, 11) is 0. The lowest BCUT2D eigenvalue weighted by atomic mass is 9.75. The summed E-state index contributed by atoms with van der Waals surface area (Å²) in [5.41, 5.74) is 1.77. The van der Waals surface area contributed by atoms with Gasteiger partial charge in [0.2, 0.25) is 0 Å². The molecule has 9 heteroatoms. The monoisotopic (exact) mass is 487 g/mol. The van der Waals surface area contributed by atoms with Gasteiger partial charge in [0.05, 0.1) is 36.5 Å². The Morgan fingerprint density at radius 1 is 1.11 bits per heavy atom. The summed E-state index contributed by atoms with van der Waals surface area (Å²) in [6.07, 6.45) is 1.07. The lowest BCUT2D eigenvalue weighted by molar-refractivity contribution is -0.246. The number of carboxylic acid groups (broad SMARTS) is 1. The molecular weight excluding hydrogens is 450 g/mol. The van der Waals surface area contributed by atoms with Crippen molar-refractivity contribution in [1.29, 1.82) is 0 Å². The van der Waals surface area contributed by atoms with Crippen LogP contribution in [0.1, 0.15) is 37.3 Å². The Kier molecular flexibility index (Phi) is 7.92. The molecule has 1 aromatic carbocycles. The van der Waals surface area contributed by atoms with E-state index >= 15 is 0 Å². The molecule has 3 aliphatic rings. The first-order valence-electron chi connectivity index (χ1n) is 12.4. The lowest BCUT2D eigenvalue weighted by Gasteiger charge is -2.51. The van der Waals surface area contributed by atoms with Gasteiger partial charge in [-0.25, -0.2) is 4.98 Å². The highest BCUT2D eigenvalue weighted by atomic mass is 16.5. The minimum Gasteiger partial charge on any atom is -0.483 e. The first kappa shape index (κ1) is 25.8. The van der Waals surface area contributed by atoms with Crippen LogP contribution in [0.25, 0.3) is 10.9 Å². The van der Waals surface area contributed by atoms with Crippen molar-refractivity contribution < 1.29 is 29.6 Å². The number of pyridine rings is 1. The van der Waals surface area contributed by atoms with Crippen LogP contribution in [0, 0.1) is 6.92 Å². The van der Waals surface area contributed by atoms with Gasteiger partial charge in [-0.05, 0) is 44.4 Å². The van der Waals surface area contributed by atoms with Crippen LogP contribution in [0.5, 0.6) is 0 Å². The Morgan fingerprint density at radius 2 is 1.80 bits per heavy atom. The Labute approximate surface area is 206 Å². The Hall–Kier alpha value is -2.30. The SMILES string of the molecule is Cc1ccc2cc(CN3CCC4(CC3)OCC[C@@](C)(O)[C@@H]4O)c(N3CCOCC3)nc2c1.O=CO. The third kappa shape index (κ3) is 5.59. The predicted octanol–water partition coefficient (Wildman–Crippen LogP) is 1.95. The van der Waals surface area contributed by atoms with Crippen LogP contribution in [0.15, 0.2) is 24.3 Å². The lowest BCUT2D eigenvalue weighted by Crippen LogP contribution is -2.64. The number of carbonyl (C=O) groups is 1. The summed E-state index contributed by atoms with van der Waals surface area (Å²) in [6, 6.07) is 8.74. The van der Waals surface area contributed by atoms with Crippen molar-refractivity contribution in [3.05, 3.63) is 35.4 Å². The molecule has 35 heavy (non-hydrogen) atoms. The Morgan fingerprint density at radius 3 is 2.49 bits per heavy atom. The van der Waals surface area contributed by atoms with Gasteiger partial charge in [-0.15, -0.1) is 0 Å². The van der Waals surface area contributed by atoms with Crippen LogP contribution in [-0.2, 0) is 20.8 Å². The fourth-order valence-electron chi connectivity index (χ4n) is 5.47. The molecule has 0 bridgehead atoms. The van der Waals surface area contributed by atoms with E-state index in [0.717, 1.165) is 75.5 Å². The zero-order valence-electron chi connectivity index (χ0n) is 20.7. The summed E-state index contributed by atoms with van der Waals surface area (Å²) >= 11 is 0. The minimum absolute atomic E-state index is 0.250. The summed E-state index contributed by atoms with van der Waals surface area (Å²) in [5.74, 6) is 1.06. The number of ether oxygens (including phenoxy) is 2. The highest BCUT2D eigenvalue weighted by Crippen LogP contribution is 2.40. The van der Waals surface area contributed by atoms with Gasteiger partial charge in [0.1, 0.15) is 11.9 Å². The minimum atomic E-state index is -1.08. The number of morpholine rings is 1. The van der Waals surface area contributed by atoms with Crippen molar-refractivity contribution in [2.45, 2.75) is 57.0 Å². The average Bonchev–Trinajstić information content (AvgIpc) is 2.85. The van der Waals surface area contributed by atoms with Crippen molar-refractivity contribution in [3.63, 3.8) is 0 Å². The number of benzene rings is 1. The molecule has 0 saturated carbocycles. The largest absolute Gasteiger partial charge is 0.483 e. The van der Waals surface area contributed by atoms with Crippen LogP contribution in [0.4, 0.5) is 5.82 Å². The van der Waals surface area contributed by atoms with Gasteiger partial charge in [-0.3, -0.25) is 9.69 Å². The van der Waals surface area contributed by atoms with E-state index in [4.69, 9.17) is 24.4 Å². The number of likely N-dealkylation sites (tertiary alicyclic amines) is 1. The number of aliphatic hydroxyl groups is 2. The molecule has 5 rings (SSSR count). The maximum Gasteiger partial charge on any atom is 0.290 e. The van der Waals surface area contributed by atoms with Crippen molar-refractivity contribution in [1.82, 2.24) is 9.88 Å². The van der Waals surface area contributed by atoms with E-state index in [1.807, 2.05) is 0 Å². The topological polar surface area (TPSA) is 116 Å². The number of rotatable bonds is 3. The number of aromatic nitrogens is 1. The maximum absolute atomic E-state index is 10.8. The molecule has 3 fully saturated rings. The average molecular weight is 488 g/mol. The van der Waals surface area contributed by atoms with Crippen molar-refractivity contribution >= 4 is 23.2 Å². The maximum atomic E-state index is 10.8. The molecule has 1 aromatic heterocycles. The van der Waals surface area contributed by atoms with Gasteiger partial charge in [0.25, 0.3) is 6.47 Å². The summed E-state index contributed by atoms with van der Waals surface area (Å²) < 4.78 is 11.6. The first-order valence-corrected chi connectivity index (χ1v) is 12.4. The number of nitrogens with zero attached hydrogens (tertiary/aromatic N) is 3. The highest BCUT2D eigenvalue weighted by Gasteiger charge is 2.52. The number of hydrogen-bond donors (Lipinski definition) is 3. The fourth-order valence-corrected chi connectivity index (χ4v) is 5.47.